The van der Waals surface area contributed by atoms with Gasteiger partial charge >= 0.3 is 0 Å². The number of rotatable bonds is 6. The number of hydrogen-bond acceptors (Lipinski definition) is 5. The minimum atomic E-state index is -2.44. The number of piperidine rings is 1. The van der Waals surface area contributed by atoms with Crippen LogP contribution in [0.5, 0.6) is 17.2 Å². The molecule has 0 saturated carbocycles. The third-order valence-electron chi connectivity index (χ3n) is 6.32. The third kappa shape index (κ3) is 4.56. The van der Waals surface area contributed by atoms with Crippen molar-refractivity contribution < 1.29 is 27.9 Å². The molecule has 1 saturated heterocycles. The van der Waals surface area contributed by atoms with Gasteiger partial charge in [-0.2, -0.15) is 0 Å². The Bertz CT molecular complexity index is 1050. The summed E-state index contributed by atoms with van der Waals surface area (Å²) in [5.41, 5.74) is 1.06. The van der Waals surface area contributed by atoms with Crippen LogP contribution in [0.25, 0.3) is 0 Å². The highest BCUT2D eigenvalue weighted by Crippen LogP contribution is 2.45. The monoisotopic (exact) mass is 442 g/mol. The molecule has 2 aromatic rings. The molecule has 2 heterocycles. The van der Waals surface area contributed by atoms with E-state index >= 15 is 0 Å². The van der Waals surface area contributed by atoms with Gasteiger partial charge in [0.1, 0.15) is 11.4 Å². The zero-order chi connectivity index (χ0) is 25.2. The van der Waals surface area contributed by atoms with Gasteiger partial charge < -0.3 is 23.8 Å². The molecule has 0 bridgehead atoms. The van der Waals surface area contributed by atoms with E-state index in [0.29, 0.717) is 49.4 Å². The zero-order valence-electron chi connectivity index (χ0n) is 21.9. The van der Waals surface area contributed by atoms with E-state index in [-0.39, 0.29) is 24.5 Å². The lowest BCUT2D eigenvalue weighted by atomic mass is 9.77. The predicted molar refractivity (Wildman–Crippen MR) is 123 cm³/mol. The van der Waals surface area contributed by atoms with Crippen molar-refractivity contribution in [1.82, 2.24) is 4.90 Å². The fraction of sp³-hybridized carbons (Fsp3) is 0.500. The predicted octanol–water partition coefficient (Wildman–Crippen LogP) is 4.67. The maximum atomic E-state index is 13.3. The second kappa shape index (κ2) is 9.41. The van der Waals surface area contributed by atoms with Gasteiger partial charge in [-0.05, 0) is 50.1 Å². The first-order valence-corrected chi connectivity index (χ1v) is 11.1. The van der Waals surface area contributed by atoms with Gasteiger partial charge in [-0.3, -0.25) is 4.79 Å². The van der Waals surface area contributed by atoms with Gasteiger partial charge in [0, 0.05) is 44.5 Å². The SMILES string of the molecule is [2H]C([2H])([2H])OCC1CC2(CCN(C(=O)c3ccc(OC(C)C)c(OC)c3)CC2)Oc2ccccc21. The molecule has 1 amide bonds. The molecule has 6 heteroatoms. The molecule has 1 unspecified atom stereocenters. The number of amides is 1. The van der Waals surface area contributed by atoms with E-state index in [1.807, 2.05) is 43.0 Å². The van der Waals surface area contributed by atoms with Gasteiger partial charge in [-0.1, -0.05) is 18.2 Å². The Morgan fingerprint density at radius 3 is 2.72 bits per heavy atom. The third-order valence-corrected chi connectivity index (χ3v) is 6.32. The first-order chi connectivity index (χ1) is 16.6. The molecule has 0 aromatic heterocycles. The molecule has 32 heavy (non-hydrogen) atoms. The number of hydrogen-bond donors (Lipinski definition) is 0. The zero-order valence-corrected chi connectivity index (χ0v) is 18.9. The molecule has 4 rings (SSSR count). The lowest BCUT2D eigenvalue weighted by Gasteiger charge is -2.46. The number of fused-ring (bicyclic) bond motifs is 1. The van der Waals surface area contributed by atoms with Crippen LogP contribution in [-0.2, 0) is 4.74 Å². The number of likely N-dealkylation sites (tertiary alicyclic amines) is 1. The average Bonchev–Trinajstić information content (AvgIpc) is 2.82. The molecular weight excluding hydrogens is 406 g/mol. The van der Waals surface area contributed by atoms with Crippen molar-refractivity contribution in [1.29, 1.82) is 0 Å². The molecular formula is C26H33NO5. The molecule has 1 spiro atoms. The fourth-order valence-corrected chi connectivity index (χ4v) is 4.75. The lowest BCUT2D eigenvalue weighted by Crippen LogP contribution is -2.52. The standard InChI is InChI=1S/C26H33NO5/c1-18(2)31-23-10-9-19(15-24(23)30-4)25(28)27-13-11-26(12-14-27)16-20(17-29-3)21-7-5-6-8-22(21)32-26/h5-10,15,18,20H,11-14,16-17H2,1-4H3/i3D3. The molecule has 0 aliphatic carbocycles. The molecule has 2 aliphatic rings. The van der Waals surface area contributed by atoms with Crippen molar-refractivity contribution in [3.05, 3.63) is 53.6 Å². The number of ether oxygens (including phenoxy) is 4. The summed E-state index contributed by atoms with van der Waals surface area (Å²) < 4.78 is 45.1. The molecule has 0 N–H and O–H groups in total. The summed E-state index contributed by atoms with van der Waals surface area (Å²) in [7, 11) is -0.876. The molecule has 2 aromatic carbocycles. The van der Waals surface area contributed by atoms with Gasteiger partial charge in [-0.25, -0.2) is 0 Å². The van der Waals surface area contributed by atoms with Crippen LogP contribution in [0.3, 0.4) is 0 Å². The van der Waals surface area contributed by atoms with Gasteiger partial charge in [-0.15, -0.1) is 0 Å². The Morgan fingerprint density at radius 2 is 2.00 bits per heavy atom. The highest BCUT2D eigenvalue weighted by atomic mass is 16.5. The number of nitrogens with zero attached hydrogens (tertiary/aromatic N) is 1. The Kier molecular flexibility index (Phi) is 5.53. The van der Waals surface area contributed by atoms with Crippen molar-refractivity contribution in [2.45, 2.75) is 50.7 Å². The summed E-state index contributed by atoms with van der Waals surface area (Å²) in [6.45, 7) is 5.06. The van der Waals surface area contributed by atoms with E-state index in [9.17, 15) is 4.79 Å². The fourth-order valence-electron chi connectivity index (χ4n) is 4.75. The summed E-state index contributed by atoms with van der Waals surface area (Å²) >= 11 is 0. The van der Waals surface area contributed by atoms with Gasteiger partial charge in [0.2, 0.25) is 0 Å². The van der Waals surface area contributed by atoms with Crippen molar-refractivity contribution in [3.63, 3.8) is 0 Å². The molecule has 0 radical (unpaired) electrons. The maximum Gasteiger partial charge on any atom is 0.253 e. The topological polar surface area (TPSA) is 57.2 Å². The molecule has 1 atom stereocenters. The Hall–Kier alpha value is -2.73. The van der Waals surface area contributed by atoms with Crippen molar-refractivity contribution in [3.8, 4) is 17.2 Å². The summed E-state index contributed by atoms with van der Waals surface area (Å²) in [5, 5.41) is 0. The largest absolute Gasteiger partial charge is 0.493 e. The number of para-hydroxylation sites is 1. The normalized spacial score (nSPS) is 21.2. The summed E-state index contributed by atoms with van der Waals surface area (Å²) in [5.74, 6) is 1.76. The van der Waals surface area contributed by atoms with Gasteiger partial charge in [0.15, 0.2) is 11.5 Å². The minimum Gasteiger partial charge on any atom is -0.493 e. The summed E-state index contributed by atoms with van der Waals surface area (Å²) in [6, 6.07) is 13.0. The van der Waals surface area contributed by atoms with Crippen LogP contribution in [0.1, 0.15) is 59.1 Å². The maximum absolute atomic E-state index is 13.3. The van der Waals surface area contributed by atoms with Crippen LogP contribution < -0.4 is 14.2 Å². The van der Waals surface area contributed by atoms with E-state index in [4.69, 9.17) is 23.1 Å². The number of methoxy groups -OCH3 is 2. The van der Waals surface area contributed by atoms with Crippen LogP contribution in [0, 0.1) is 0 Å². The number of carbonyl (C=O) groups is 1. The molecule has 6 nitrogen and oxygen atoms in total. The number of benzene rings is 2. The summed E-state index contributed by atoms with van der Waals surface area (Å²) in [4.78, 5) is 15.1. The molecule has 172 valence electrons. The lowest BCUT2D eigenvalue weighted by molar-refractivity contribution is -0.0251. The van der Waals surface area contributed by atoms with E-state index in [1.54, 1.807) is 25.3 Å². The van der Waals surface area contributed by atoms with E-state index in [1.165, 1.54) is 0 Å². The highest BCUT2D eigenvalue weighted by Gasteiger charge is 2.44. The Labute approximate surface area is 194 Å². The smallest absolute Gasteiger partial charge is 0.253 e. The first-order valence-electron chi connectivity index (χ1n) is 12.6. The quantitative estimate of drug-likeness (QED) is 0.651. The van der Waals surface area contributed by atoms with Crippen molar-refractivity contribution in [2.75, 3.05) is 33.8 Å². The van der Waals surface area contributed by atoms with Crippen LogP contribution >= 0.6 is 0 Å². The van der Waals surface area contributed by atoms with Crippen molar-refractivity contribution in [2.24, 2.45) is 0 Å². The van der Waals surface area contributed by atoms with Crippen LogP contribution in [0.4, 0.5) is 0 Å². The van der Waals surface area contributed by atoms with Gasteiger partial charge in [0.25, 0.3) is 5.91 Å². The van der Waals surface area contributed by atoms with E-state index in [0.717, 1.165) is 11.3 Å². The van der Waals surface area contributed by atoms with E-state index < -0.39 is 12.6 Å². The highest BCUT2D eigenvalue weighted by molar-refractivity contribution is 5.95. The second-order valence-electron chi connectivity index (χ2n) is 8.86. The Balaban J connectivity index is 1.46. The number of carbonyl (C=O) groups excluding carboxylic acids is 1. The van der Waals surface area contributed by atoms with Crippen LogP contribution in [0.2, 0.25) is 0 Å². The van der Waals surface area contributed by atoms with Gasteiger partial charge in [0.05, 0.1) is 23.9 Å². The molecule has 2 aliphatic heterocycles. The Morgan fingerprint density at radius 1 is 1.22 bits per heavy atom. The first kappa shape index (κ1) is 18.8. The average molecular weight is 443 g/mol. The minimum absolute atomic E-state index is 0.00153. The van der Waals surface area contributed by atoms with E-state index in [2.05, 4.69) is 0 Å². The second-order valence-corrected chi connectivity index (χ2v) is 8.86. The van der Waals surface area contributed by atoms with Crippen molar-refractivity contribution >= 4 is 5.91 Å². The van der Waals surface area contributed by atoms with Crippen LogP contribution in [0.15, 0.2) is 42.5 Å². The van der Waals surface area contributed by atoms with Crippen LogP contribution in [-0.4, -0.2) is 56.4 Å². The summed E-state index contributed by atoms with van der Waals surface area (Å²) in [6.07, 6.45) is 1.96. The molecule has 1 fully saturated rings.